The number of hydrogen-bond donors (Lipinski definition) is 2. The number of amides is 2. The Kier molecular flexibility index (Phi) is 8.63. The van der Waals surface area contributed by atoms with Crippen LogP contribution in [0.5, 0.6) is 0 Å². The highest BCUT2D eigenvalue weighted by Crippen LogP contribution is 2.25. The van der Waals surface area contributed by atoms with Crippen molar-refractivity contribution in [2.45, 2.75) is 26.0 Å². The first kappa shape index (κ1) is 22.3. The third kappa shape index (κ3) is 6.83. The Morgan fingerprint density at radius 2 is 1.96 bits per heavy atom. The molecule has 0 bridgehead atoms. The fourth-order valence-corrected chi connectivity index (χ4v) is 2.07. The van der Waals surface area contributed by atoms with Gasteiger partial charge in [0.05, 0.1) is 11.5 Å². The first-order valence-electron chi connectivity index (χ1n) is 7.89. The number of nitrogens with one attached hydrogen (secondary N) is 2. The van der Waals surface area contributed by atoms with Gasteiger partial charge in [0.25, 0.3) is 17.5 Å². The van der Waals surface area contributed by atoms with Crippen molar-refractivity contribution in [3.8, 4) is 0 Å². The molecule has 0 aromatic heterocycles. The molecule has 0 aliphatic heterocycles. The summed E-state index contributed by atoms with van der Waals surface area (Å²) >= 11 is 5.69. The Morgan fingerprint density at radius 1 is 1.30 bits per heavy atom. The average molecular weight is 402 g/mol. The van der Waals surface area contributed by atoms with Crippen LogP contribution >= 0.6 is 11.6 Å². The fourth-order valence-electron chi connectivity index (χ4n) is 1.88. The number of benzene rings is 1. The Hall–Kier alpha value is -2.72. The zero-order chi connectivity index (χ0) is 20.6. The number of nitro benzene ring substituents is 1. The van der Waals surface area contributed by atoms with Crippen molar-refractivity contribution in [1.29, 1.82) is 0 Å². The Labute approximate surface area is 160 Å². The molecule has 1 aromatic carbocycles. The van der Waals surface area contributed by atoms with Crippen molar-refractivity contribution >= 4 is 35.1 Å². The van der Waals surface area contributed by atoms with Crippen LogP contribution in [0, 0.1) is 10.1 Å². The van der Waals surface area contributed by atoms with E-state index < -0.39 is 40.5 Å². The van der Waals surface area contributed by atoms with Crippen LogP contribution in [0.3, 0.4) is 0 Å². The summed E-state index contributed by atoms with van der Waals surface area (Å²) < 4.78 is 9.77. The Bertz CT molecular complexity index is 726. The number of rotatable bonds is 9. The lowest BCUT2D eigenvalue weighted by molar-refractivity contribution is -0.384. The molecule has 0 spiro atoms. The number of ether oxygens (including phenoxy) is 2. The summed E-state index contributed by atoms with van der Waals surface area (Å²) in [5.41, 5.74) is -0.475. The lowest BCUT2D eigenvalue weighted by Crippen LogP contribution is -2.44. The van der Waals surface area contributed by atoms with E-state index in [1.807, 2.05) is 0 Å². The zero-order valence-corrected chi connectivity index (χ0v) is 15.7. The van der Waals surface area contributed by atoms with Crippen LogP contribution in [-0.2, 0) is 19.1 Å². The largest absolute Gasteiger partial charge is 0.451 e. The molecule has 11 heteroatoms. The first-order valence-corrected chi connectivity index (χ1v) is 8.27. The predicted molar refractivity (Wildman–Crippen MR) is 95.5 cm³/mol. The van der Waals surface area contributed by atoms with Gasteiger partial charge in [0.15, 0.2) is 6.10 Å². The van der Waals surface area contributed by atoms with Gasteiger partial charge in [-0.3, -0.25) is 19.7 Å². The first-order chi connectivity index (χ1) is 12.7. The van der Waals surface area contributed by atoms with E-state index in [1.54, 1.807) is 0 Å². The van der Waals surface area contributed by atoms with E-state index in [0.717, 1.165) is 6.07 Å². The Morgan fingerprint density at radius 3 is 2.56 bits per heavy atom. The SMILES string of the molecule is COCCNC(=O)[C@H](C)OC(=O)[C@H](C)NC(=O)c1ccc(Cl)c([N+](=O)[O-])c1. The topological polar surface area (TPSA) is 137 Å². The van der Waals surface area contributed by atoms with Crippen LogP contribution in [0.2, 0.25) is 5.02 Å². The van der Waals surface area contributed by atoms with E-state index in [4.69, 9.17) is 21.1 Å². The maximum Gasteiger partial charge on any atom is 0.329 e. The number of carbonyl (C=O) groups is 3. The monoisotopic (exact) mass is 401 g/mol. The molecule has 0 fully saturated rings. The van der Waals surface area contributed by atoms with E-state index in [1.165, 1.54) is 33.1 Å². The quantitative estimate of drug-likeness (QED) is 0.273. The molecule has 2 amide bonds. The molecule has 0 aliphatic carbocycles. The highest BCUT2D eigenvalue weighted by Gasteiger charge is 2.24. The Balaban J connectivity index is 2.64. The average Bonchev–Trinajstić information content (AvgIpc) is 2.61. The highest BCUT2D eigenvalue weighted by atomic mass is 35.5. The van der Waals surface area contributed by atoms with Gasteiger partial charge in [-0.1, -0.05) is 11.6 Å². The van der Waals surface area contributed by atoms with Crippen molar-refractivity contribution in [1.82, 2.24) is 10.6 Å². The normalized spacial score (nSPS) is 12.6. The lowest BCUT2D eigenvalue weighted by atomic mass is 10.1. The molecular formula is C16H20ClN3O7. The zero-order valence-electron chi connectivity index (χ0n) is 15.0. The molecule has 27 heavy (non-hydrogen) atoms. The number of nitro groups is 1. The lowest BCUT2D eigenvalue weighted by Gasteiger charge is -2.17. The molecule has 10 nitrogen and oxygen atoms in total. The molecule has 148 valence electrons. The molecule has 1 aromatic rings. The second-order valence-electron chi connectivity index (χ2n) is 5.48. The summed E-state index contributed by atoms with van der Waals surface area (Å²) in [5, 5.41) is 15.6. The predicted octanol–water partition coefficient (Wildman–Crippen LogP) is 1.06. The van der Waals surface area contributed by atoms with Gasteiger partial charge in [0.1, 0.15) is 11.1 Å². The number of esters is 1. The van der Waals surface area contributed by atoms with Crippen LogP contribution in [0.15, 0.2) is 18.2 Å². The van der Waals surface area contributed by atoms with Gasteiger partial charge in [0.2, 0.25) is 0 Å². The molecule has 1 rings (SSSR count). The number of hydrogen-bond acceptors (Lipinski definition) is 7. The van der Waals surface area contributed by atoms with E-state index >= 15 is 0 Å². The van der Waals surface area contributed by atoms with Crippen molar-refractivity contribution in [3.63, 3.8) is 0 Å². The van der Waals surface area contributed by atoms with Crippen LogP contribution in [0.25, 0.3) is 0 Å². The van der Waals surface area contributed by atoms with Crippen LogP contribution in [0.1, 0.15) is 24.2 Å². The third-order valence-corrected chi connectivity index (χ3v) is 3.69. The second kappa shape index (κ2) is 10.4. The van der Waals surface area contributed by atoms with Crippen molar-refractivity contribution in [2.24, 2.45) is 0 Å². The summed E-state index contributed by atoms with van der Waals surface area (Å²) in [6.45, 7) is 3.32. The fraction of sp³-hybridized carbons (Fsp3) is 0.438. The number of halogens is 1. The van der Waals surface area contributed by atoms with E-state index in [-0.39, 0.29) is 17.1 Å². The van der Waals surface area contributed by atoms with Crippen molar-refractivity contribution in [3.05, 3.63) is 38.9 Å². The van der Waals surface area contributed by atoms with Crippen LogP contribution in [0.4, 0.5) is 5.69 Å². The summed E-state index contributed by atoms with van der Waals surface area (Å²) in [6.07, 6.45) is -1.06. The van der Waals surface area contributed by atoms with E-state index in [0.29, 0.717) is 6.61 Å². The van der Waals surface area contributed by atoms with Crippen molar-refractivity contribution in [2.75, 3.05) is 20.3 Å². The number of methoxy groups -OCH3 is 1. The second-order valence-corrected chi connectivity index (χ2v) is 5.89. The molecule has 0 unspecified atom stereocenters. The molecular weight excluding hydrogens is 382 g/mol. The third-order valence-electron chi connectivity index (χ3n) is 3.37. The minimum absolute atomic E-state index is 0.0453. The van der Waals surface area contributed by atoms with Gasteiger partial charge in [0, 0.05) is 25.3 Å². The molecule has 0 saturated carbocycles. The van der Waals surface area contributed by atoms with Crippen LogP contribution < -0.4 is 10.6 Å². The molecule has 0 radical (unpaired) electrons. The smallest absolute Gasteiger partial charge is 0.329 e. The van der Waals surface area contributed by atoms with Gasteiger partial charge < -0.3 is 20.1 Å². The molecule has 0 saturated heterocycles. The van der Waals surface area contributed by atoms with Gasteiger partial charge in [-0.25, -0.2) is 4.79 Å². The van der Waals surface area contributed by atoms with Gasteiger partial charge in [-0.15, -0.1) is 0 Å². The van der Waals surface area contributed by atoms with Crippen molar-refractivity contribution < 1.29 is 28.8 Å². The minimum atomic E-state index is -1.08. The molecule has 0 heterocycles. The summed E-state index contributed by atoms with van der Waals surface area (Å²) in [6, 6.07) is 2.42. The van der Waals surface area contributed by atoms with E-state index in [9.17, 15) is 24.5 Å². The number of nitrogens with zero attached hydrogens (tertiary/aromatic N) is 1. The number of carbonyl (C=O) groups excluding carboxylic acids is 3. The van der Waals surface area contributed by atoms with Gasteiger partial charge in [-0.2, -0.15) is 0 Å². The maximum atomic E-state index is 12.2. The molecule has 0 aliphatic rings. The highest BCUT2D eigenvalue weighted by molar-refractivity contribution is 6.32. The summed E-state index contributed by atoms with van der Waals surface area (Å²) in [5.74, 6) is -2.06. The van der Waals surface area contributed by atoms with Crippen LogP contribution in [-0.4, -0.2) is 55.1 Å². The molecule has 2 N–H and O–H groups in total. The summed E-state index contributed by atoms with van der Waals surface area (Å²) in [4.78, 5) is 46.1. The minimum Gasteiger partial charge on any atom is -0.451 e. The standard InChI is InChI=1S/C16H20ClN3O7/c1-9(16(23)27-10(2)14(21)18-6-7-26-3)19-15(22)11-4-5-12(17)13(8-11)20(24)25/h4-5,8-10H,6-7H2,1-3H3,(H,18,21)(H,19,22)/t9-,10-/m0/s1. The van der Waals surface area contributed by atoms with E-state index in [2.05, 4.69) is 10.6 Å². The van der Waals surface area contributed by atoms with Gasteiger partial charge in [-0.05, 0) is 26.0 Å². The van der Waals surface area contributed by atoms with Gasteiger partial charge >= 0.3 is 5.97 Å². The molecule has 2 atom stereocenters. The maximum absolute atomic E-state index is 12.2. The summed E-state index contributed by atoms with van der Waals surface area (Å²) in [7, 11) is 1.48.